The van der Waals surface area contributed by atoms with Crippen molar-refractivity contribution in [3.63, 3.8) is 0 Å². The normalized spacial score (nSPS) is 28.4. The average molecular weight is 286 g/mol. The Balaban J connectivity index is 1.58. The van der Waals surface area contributed by atoms with E-state index in [4.69, 9.17) is 0 Å². The van der Waals surface area contributed by atoms with E-state index in [1.54, 1.807) is 0 Å². The second-order valence-electron chi connectivity index (χ2n) is 8.56. The lowest BCUT2D eigenvalue weighted by Crippen LogP contribution is -2.25. The van der Waals surface area contributed by atoms with Crippen molar-refractivity contribution in [2.75, 3.05) is 0 Å². The molecule has 2 aliphatic rings. The van der Waals surface area contributed by atoms with Crippen molar-refractivity contribution in [1.82, 2.24) is 0 Å². The third-order valence-corrected chi connectivity index (χ3v) is 5.76. The van der Waals surface area contributed by atoms with Gasteiger partial charge in [-0.1, -0.05) is 45.0 Å². The van der Waals surface area contributed by atoms with Gasteiger partial charge in [0.15, 0.2) is 0 Å². The van der Waals surface area contributed by atoms with Crippen LogP contribution in [0.3, 0.4) is 0 Å². The van der Waals surface area contributed by atoms with Gasteiger partial charge in [0.1, 0.15) is 0 Å². The molecule has 2 aliphatic carbocycles. The van der Waals surface area contributed by atoms with Crippen LogP contribution in [0, 0.1) is 11.3 Å². The molecule has 1 N–H and O–H groups in total. The van der Waals surface area contributed by atoms with Crippen molar-refractivity contribution >= 4 is 0 Å². The maximum atomic E-state index is 10.0. The molecule has 1 aromatic rings. The number of hydrogen-bond donors (Lipinski definition) is 1. The fraction of sp³-hybridized carbons (Fsp3) is 0.700. The van der Waals surface area contributed by atoms with Gasteiger partial charge < -0.3 is 5.11 Å². The van der Waals surface area contributed by atoms with E-state index in [1.807, 2.05) is 0 Å². The molecule has 0 unspecified atom stereocenters. The molecule has 116 valence electrons. The third-order valence-electron chi connectivity index (χ3n) is 5.76. The van der Waals surface area contributed by atoms with Crippen LogP contribution in [0.25, 0.3) is 0 Å². The van der Waals surface area contributed by atoms with E-state index in [9.17, 15) is 5.11 Å². The van der Waals surface area contributed by atoms with Gasteiger partial charge in [-0.05, 0) is 66.9 Å². The molecule has 0 aliphatic heterocycles. The van der Waals surface area contributed by atoms with E-state index in [-0.39, 0.29) is 5.60 Å². The Kier molecular flexibility index (Phi) is 3.90. The van der Waals surface area contributed by atoms with Crippen molar-refractivity contribution in [3.05, 3.63) is 35.4 Å². The maximum Gasteiger partial charge on any atom is 0.0690 e. The van der Waals surface area contributed by atoms with Crippen molar-refractivity contribution < 1.29 is 5.11 Å². The van der Waals surface area contributed by atoms with Gasteiger partial charge >= 0.3 is 0 Å². The zero-order valence-electron chi connectivity index (χ0n) is 13.9. The summed E-state index contributed by atoms with van der Waals surface area (Å²) in [5.74, 6) is 1.64. The lowest BCUT2D eigenvalue weighted by atomic mass is 9.68. The minimum atomic E-state index is -0.369. The summed E-state index contributed by atoms with van der Waals surface area (Å²) in [5, 5.41) is 10.0. The van der Waals surface area contributed by atoms with Crippen molar-refractivity contribution in [2.45, 2.75) is 77.2 Å². The first kappa shape index (κ1) is 15.1. The van der Waals surface area contributed by atoms with Gasteiger partial charge in [-0.25, -0.2) is 0 Å². The quantitative estimate of drug-likeness (QED) is 0.822. The highest BCUT2D eigenvalue weighted by Gasteiger charge is 2.40. The van der Waals surface area contributed by atoms with Crippen LogP contribution < -0.4 is 0 Å². The molecule has 0 amide bonds. The molecule has 0 bridgehead atoms. The molecule has 21 heavy (non-hydrogen) atoms. The highest BCUT2D eigenvalue weighted by atomic mass is 16.3. The number of benzene rings is 1. The standard InChI is InChI=1S/C20H30O/c1-19(2,3)18-10-8-17(9-11-18)16-6-4-15(5-7-16)14-20(21)12-13-20/h4-7,17-18,21H,8-14H2,1-3H3. The van der Waals surface area contributed by atoms with Gasteiger partial charge in [-0.3, -0.25) is 0 Å². The Morgan fingerprint density at radius 3 is 2.05 bits per heavy atom. The van der Waals surface area contributed by atoms with Crippen LogP contribution in [0.4, 0.5) is 0 Å². The van der Waals surface area contributed by atoms with Gasteiger partial charge in [0.2, 0.25) is 0 Å². The lowest BCUT2D eigenvalue weighted by Gasteiger charge is -2.37. The first-order valence-corrected chi connectivity index (χ1v) is 8.67. The molecule has 0 heterocycles. The molecule has 0 saturated heterocycles. The zero-order valence-corrected chi connectivity index (χ0v) is 13.9. The SMILES string of the molecule is CC(C)(C)C1CCC(c2ccc(CC3(O)CC3)cc2)CC1. The second kappa shape index (κ2) is 5.43. The fourth-order valence-electron chi connectivity index (χ4n) is 3.90. The maximum absolute atomic E-state index is 10.0. The Hall–Kier alpha value is -0.820. The minimum absolute atomic E-state index is 0.369. The minimum Gasteiger partial charge on any atom is -0.390 e. The summed E-state index contributed by atoms with van der Waals surface area (Å²) in [6, 6.07) is 9.09. The molecule has 0 aromatic heterocycles. The Morgan fingerprint density at radius 2 is 1.57 bits per heavy atom. The van der Waals surface area contributed by atoms with Gasteiger partial charge in [-0.2, -0.15) is 0 Å². The molecule has 1 heteroatoms. The molecule has 0 spiro atoms. The summed E-state index contributed by atoms with van der Waals surface area (Å²) in [6.07, 6.45) is 8.21. The van der Waals surface area contributed by atoms with E-state index < -0.39 is 0 Å². The van der Waals surface area contributed by atoms with Crippen molar-refractivity contribution in [3.8, 4) is 0 Å². The van der Waals surface area contributed by atoms with Gasteiger partial charge in [0.25, 0.3) is 0 Å². The Morgan fingerprint density at radius 1 is 1.00 bits per heavy atom. The fourth-order valence-corrected chi connectivity index (χ4v) is 3.90. The Bertz CT molecular complexity index is 468. The number of hydrogen-bond acceptors (Lipinski definition) is 1. The summed E-state index contributed by atoms with van der Waals surface area (Å²) in [7, 11) is 0. The highest BCUT2D eigenvalue weighted by Crippen LogP contribution is 2.43. The molecule has 1 aromatic carbocycles. The van der Waals surface area contributed by atoms with Crippen LogP contribution in [0.1, 0.15) is 76.3 Å². The molecule has 3 rings (SSSR count). The summed E-state index contributed by atoms with van der Waals surface area (Å²) in [6.45, 7) is 7.15. The van der Waals surface area contributed by atoms with E-state index in [2.05, 4.69) is 45.0 Å². The largest absolute Gasteiger partial charge is 0.390 e. The zero-order chi connectivity index (χ0) is 15.1. The van der Waals surface area contributed by atoms with Gasteiger partial charge in [0.05, 0.1) is 5.60 Å². The third kappa shape index (κ3) is 3.69. The van der Waals surface area contributed by atoms with Crippen LogP contribution >= 0.6 is 0 Å². The first-order chi connectivity index (χ1) is 9.86. The molecule has 2 saturated carbocycles. The van der Waals surface area contributed by atoms with E-state index in [0.29, 0.717) is 5.41 Å². The topological polar surface area (TPSA) is 20.2 Å². The van der Waals surface area contributed by atoms with Crippen LogP contribution in [-0.4, -0.2) is 10.7 Å². The molecule has 0 radical (unpaired) electrons. The Labute approximate surface area is 129 Å². The predicted octanol–water partition coefficient (Wildman–Crippen LogP) is 5.07. The number of aliphatic hydroxyl groups is 1. The van der Waals surface area contributed by atoms with Crippen LogP contribution in [0.5, 0.6) is 0 Å². The molecule has 1 nitrogen and oxygen atoms in total. The average Bonchev–Trinajstić information content (AvgIpc) is 3.16. The summed E-state index contributed by atoms with van der Waals surface area (Å²) in [5.41, 5.74) is 2.90. The number of rotatable bonds is 3. The summed E-state index contributed by atoms with van der Waals surface area (Å²) < 4.78 is 0. The van der Waals surface area contributed by atoms with Crippen LogP contribution in [-0.2, 0) is 6.42 Å². The van der Waals surface area contributed by atoms with Crippen LogP contribution in [0.15, 0.2) is 24.3 Å². The van der Waals surface area contributed by atoms with E-state index >= 15 is 0 Å². The predicted molar refractivity (Wildman–Crippen MR) is 88.5 cm³/mol. The van der Waals surface area contributed by atoms with E-state index in [1.165, 1.54) is 36.8 Å². The van der Waals surface area contributed by atoms with Crippen molar-refractivity contribution in [2.24, 2.45) is 11.3 Å². The highest BCUT2D eigenvalue weighted by molar-refractivity contribution is 5.27. The first-order valence-electron chi connectivity index (χ1n) is 8.67. The summed E-state index contributed by atoms with van der Waals surface area (Å²) in [4.78, 5) is 0. The molecule has 2 fully saturated rings. The monoisotopic (exact) mass is 286 g/mol. The van der Waals surface area contributed by atoms with E-state index in [0.717, 1.165) is 31.1 Å². The molecular formula is C20H30O. The van der Waals surface area contributed by atoms with Crippen molar-refractivity contribution in [1.29, 1.82) is 0 Å². The lowest BCUT2D eigenvalue weighted by molar-refractivity contribution is 0.151. The molecule has 0 atom stereocenters. The van der Waals surface area contributed by atoms with Crippen LogP contribution in [0.2, 0.25) is 0 Å². The summed E-state index contributed by atoms with van der Waals surface area (Å²) >= 11 is 0. The second-order valence-corrected chi connectivity index (χ2v) is 8.56. The van der Waals surface area contributed by atoms with Gasteiger partial charge in [0, 0.05) is 6.42 Å². The van der Waals surface area contributed by atoms with Gasteiger partial charge in [-0.15, -0.1) is 0 Å². The molecular weight excluding hydrogens is 256 g/mol. The smallest absolute Gasteiger partial charge is 0.0690 e.